The van der Waals surface area contributed by atoms with Crippen molar-refractivity contribution in [3.8, 4) is 5.75 Å². The van der Waals surface area contributed by atoms with Gasteiger partial charge >= 0.3 is 0 Å². The Labute approximate surface area is 65.8 Å². The van der Waals surface area contributed by atoms with Crippen molar-refractivity contribution in [1.82, 2.24) is 0 Å². The SMILES string of the molecule is CC(C)Oc1[c]cc(F)cc1. The second kappa shape index (κ2) is 3.37. The van der Waals surface area contributed by atoms with E-state index >= 15 is 0 Å². The van der Waals surface area contributed by atoms with Gasteiger partial charge in [-0.25, -0.2) is 4.39 Å². The van der Waals surface area contributed by atoms with Crippen molar-refractivity contribution in [2.75, 3.05) is 0 Å². The molecular weight excluding hydrogens is 143 g/mol. The topological polar surface area (TPSA) is 9.23 Å². The molecule has 0 amide bonds. The molecule has 0 spiro atoms. The molecule has 1 aromatic carbocycles. The van der Waals surface area contributed by atoms with Crippen LogP contribution >= 0.6 is 0 Å². The predicted octanol–water partition coefficient (Wildman–Crippen LogP) is 2.41. The smallest absolute Gasteiger partial charge is 0.127 e. The van der Waals surface area contributed by atoms with E-state index in [4.69, 9.17) is 4.74 Å². The average Bonchev–Trinajstić information content (AvgIpc) is 1.93. The number of hydrogen-bond donors (Lipinski definition) is 0. The summed E-state index contributed by atoms with van der Waals surface area (Å²) in [5.74, 6) is 0.294. The summed E-state index contributed by atoms with van der Waals surface area (Å²) in [5, 5.41) is 0. The summed E-state index contributed by atoms with van der Waals surface area (Å²) in [5.41, 5.74) is 0. The Kier molecular flexibility index (Phi) is 2.47. The van der Waals surface area contributed by atoms with Gasteiger partial charge in [0, 0.05) is 6.07 Å². The van der Waals surface area contributed by atoms with E-state index in [0.717, 1.165) is 0 Å². The van der Waals surface area contributed by atoms with Gasteiger partial charge in [0.25, 0.3) is 0 Å². The van der Waals surface area contributed by atoms with Crippen molar-refractivity contribution in [2.45, 2.75) is 20.0 Å². The molecule has 1 nitrogen and oxygen atoms in total. The first kappa shape index (κ1) is 8.05. The van der Waals surface area contributed by atoms with Crippen molar-refractivity contribution in [3.05, 3.63) is 30.1 Å². The molecule has 0 unspecified atom stereocenters. The highest BCUT2D eigenvalue weighted by atomic mass is 19.1. The molecule has 11 heavy (non-hydrogen) atoms. The van der Waals surface area contributed by atoms with Crippen LogP contribution in [0.15, 0.2) is 18.2 Å². The van der Waals surface area contributed by atoms with Crippen molar-refractivity contribution in [2.24, 2.45) is 0 Å². The highest BCUT2D eigenvalue weighted by Gasteiger charge is 1.96. The first-order chi connectivity index (χ1) is 5.18. The Bertz CT molecular complexity index is 216. The molecule has 0 aliphatic heterocycles. The molecule has 0 aromatic heterocycles. The maximum Gasteiger partial charge on any atom is 0.127 e. The summed E-state index contributed by atoms with van der Waals surface area (Å²) < 4.78 is 17.6. The molecule has 1 aromatic rings. The van der Waals surface area contributed by atoms with E-state index in [1.165, 1.54) is 12.1 Å². The number of rotatable bonds is 2. The summed E-state index contributed by atoms with van der Waals surface area (Å²) in [6.45, 7) is 3.83. The van der Waals surface area contributed by atoms with E-state index in [2.05, 4.69) is 6.07 Å². The first-order valence-corrected chi connectivity index (χ1v) is 3.52. The van der Waals surface area contributed by atoms with E-state index in [-0.39, 0.29) is 11.9 Å². The largest absolute Gasteiger partial charge is 0.490 e. The van der Waals surface area contributed by atoms with Crippen LogP contribution in [0.5, 0.6) is 5.75 Å². The average molecular weight is 153 g/mol. The molecule has 1 radical (unpaired) electrons. The van der Waals surface area contributed by atoms with E-state index in [0.29, 0.717) is 5.75 Å². The van der Waals surface area contributed by atoms with Crippen LogP contribution < -0.4 is 4.74 Å². The summed E-state index contributed by atoms with van der Waals surface area (Å²) in [7, 11) is 0. The molecule has 0 saturated heterocycles. The van der Waals surface area contributed by atoms with Gasteiger partial charge in [0.2, 0.25) is 0 Å². The zero-order valence-electron chi connectivity index (χ0n) is 6.60. The van der Waals surface area contributed by atoms with E-state index in [1.54, 1.807) is 6.07 Å². The fraction of sp³-hybridized carbons (Fsp3) is 0.333. The summed E-state index contributed by atoms with van der Waals surface area (Å²) in [4.78, 5) is 0. The third kappa shape index (κ3) is 2.58. The van der Waals surface area contributed by atoms with Crippen LogP contribution in [-0.4, -0.2) is 6.10 Å². The Balaban J connectivity index is 2.66. The third-order valence-corrected chi connectivity index (χ3v) is 1.11. The molecule has 0 bridgehead atoms. The van der Waals surface area contributed by atoms with Gasteiger partial charge in [-0.3, -0.25) is 0 Å². The summed E-state index contributed by atoms with van der Waals surface area (Å²) in [6, 6.07) is 6.85. The quantitative estimate of drug-likeness (QED) is 0.634. The molecule has 0 fully saturated rings. The Morgan fingerprint density at radius 3 is 2.64 bits per heavy atom. The minimum absolute atomic E-state index is 0.108. The van der Waals surface area contributed by atoms with E-state index in [1.807, 2.05) is 13.8 Å². The monoisotopic (exact) mass is 153 g/mol. The van der Waals surface area contributed by atoms with E-state index in [9.17, 15) is 4.39 Å². The highest BCUT2D eigenvalue weighted by Crippen LogP contribution is 2.11. The minimum Gasteiger partial charge on any atom is -0.490 e. The van der Waals surface area contributed by atoms with Crippen LogP contribution in [0, 0.1) is 11.9 Å². The molecule has 1 rings (SSSR count). The standard InChI is InChI=1S/C9H10FO/c1-7(2)11-9-5-3-8(10)4-6-9/h3-5,7H,1-2H3. The molecule has 0 saturated carbocycles. The number of benzene rings is 1. The molecular formula is C9H10FO. The third-order valence-electron chi connectivity index (χ3n) is 1.11. The van der Waals surface area contributed by atoms with Gasteiger partial charge in [-0.2, -0.15) is 0 Å². The number of ether oxygens (including phenoxy) is 1. The number of halogens is 1. The van der Waals surface area contributed by atoms with Crippen LogP contribution in [0.3, 0.4) is 0 Å². The van der Waals surface area contributed by atoms with Crippen molar-refractivity contribution in [3.63, 3.8) is 0 Å². The zero-order valence-corrected chi connectivity index (χ0v) is 6.60. The van der Waals surface area contributed by atoms with Gasteiger partial charge in [0.15, 0.2) is 0 Å². The molecule has 0 N–H and O–H groups in total. The van der Waals surface area contributed by atoms with Gasteiger partial charge in [0.05, 0.1) is 6.10 Å². The highest BCUT2D eigenvalue weighted by molar-refractivity contribution is 5.20. The molecule has 59 valence electrons. The lowest BCUT2D eigenvalue weighted by Gasteiger charge is -2.07. The van der Waals surface area contributed by atoms with Gasteiger partial charge in [0.1, 0.15) is 11.6 Å². The zero-order chi connectivity index (χ0) is 8.27. The fourth-order valence-corrected chi connectivity index (χ4v) is 0.719. The first-order valence-electron chi connectivity index (χ1n) is 3.52. The Morgan fingerprint density at radius 1 is 1.45 bits per heavy atom. The lowest BCUT2D eigenvalue weighted by atomic mass is 10.3. The predicted molar refractivity (Wildman–Crippen MR) is 41.0 cm³/mol. The molecule has 2 heteroatoms. The lowest BCUT2D eigenvalue weighted by Crippen LogP contribution is -2.05. The van der Waals surface area contributed by atoms with Gasteiger partial charge in [-0.05, 0) is 32.0 Å². The Morgan fingerprint density at radius 2 is 2.18 bits per heavy atom. The van der Waals surface area contributed by atoms with Gasteiger partial charge < -0.3 is 4.74 Å². The lowest BCUT2D eigenvalue weighted by molar-refractivity contribution is 0.241. The number of hydrogen-bond acceptors (Lipinski definition) is 1. The summed E-state index contributed by atoms with van der Waals surface area (Å²) in [6.07, 6.45) is 0.108. The van der Waals surface area contributed by atoms with Crippen molar-refractivity contribution >= 4 is 0 Å². The normalized spacial score (nSPS) is 10.2. The van der Waals surface area contributed by atoms with Crippen LogP contribution in [0.2, 0.25) is 0 Å². The molecule has 0 aliphatic rings. The maximum atomic E-state index is 12.3. The van der Waals surface area contributed by atoms with Crippen LogP contribution in [-0.2, 0) is 0 Å². The van der Waals surface area contributed by atoms with Gasteiger partial charge in [-0.1, -0.05) is 0 Å². The molecule has 0 atom stereocenters. The summed E-state index contributed by atoms with van der Waals surface area (Å²) >= 11 is 0. The van der Waals surface area contributed by atoms with Gasteiger partial charge in [-0.15, -0.1) is 0 Å². The van der Waals surface area contributed by atoms with Crippen LogP contribution in [0.1, 0.15) is 13.8 Å². The Hall–Kier alpha value is -1.05. The fourth-order valence-electron chi connectivity index (χ4n) is 0.719. The minimum atomic E-state index is -0.291. The molecule has 0 heterocycles. The second-order valence-corrected chi connectivity index (χ2v) is 2.54. The van der Waals surface area contributed by atoms with Crippen molar-refractivity contribution in [1.29, 1.82) is 0 Å². The van der Waals surface area contributed by atoms with E-state index < -0.39 is 0 Å². The molecule has 0 aliphatic carbocycles. The van der Waals surface area contributed by atoms with Crippen LogP contribution in [0.25, 0.3) is 0 Å². The maximum absolute atomic E-state index is 12.3. The van der Waals surface area contributed by atoms with Crippen LogP contribution in [0.4, 0.5) is 4.39 Å². The van der Waals surface area contributed by atoms with Crippen molar-refractivity contribution < 1.29 is 9.13 Å². The second-order valence-electron chi connectivity index (χ2n) is 2.54.